The van der Waals surface area contributed by atoms with Crippen LogP contribution in [0.2, 0.25) is 0 Å². The molecule has 118 valence electrons. The Bertz CT molecular complexity index is 436. The zero-order valence-corrected chi connectivity index (χ0v) is 12.9. The van der Waals surface area contributed by atoms with Gasteiger partial charge in [0, 0.05) is 12.1 Å². The zero-order valence-electron chi connectivity index (χ0n) is 12.1. The van der Waals surface area contributed by atoms with Gasteiger partial charge in [-0.05, 0) is 30.2 Å². The number of hydrogen-bond acceptors (Lipinski definition) is 2. The van der Waals surface area contributed by atoms with Crippen molar-refractivity contribution in [1.29, 1.82) is 0 Å². The Morgan fingerprint density at radius 2 is 1.81 bits per heavy atom. The quantitative estimate of drug-likeness (QED) is 0.734. The highest BCUT2D eigenvalue weighted by Crippen LogP contribution is 2.18. The molecule has 0 bridgehead atoms. The first-order valence-electron chi connectivity index (χ1n) is 6.95. The number of halogens is 3. The molecule has 6 heteroatoms. The van der Waals surface area contributed by atoms with E-state index in [9.17, 15) is 13.6 Å². The molecule has 1 aromatic rings. The number of benzene rings is 1. The van der Waals surface area contributed by atoms with Crippen LogP contribution in [0.25, 0.3) is 0 Å². The summed E-state index contributed by atoms with van der Waals surface area (Å²) in [6.07, 6.45) is 1.92. The second-order valence-electron chi connectivity index (χ2n) is 4.71. The van der Waals surface area contributed by atoms with Gasteiger partial charge in [0.15, 0.2) is 0 Å². The number of nitrogens with one attached hydrogen (secondary N) is 1. The lowest BCUT2D eigenvalue weighted by Gasteiger charge is -2.19. The molecule has 1 aromatic carbocycles. The Morgan fingerprint density at radius 3 is 2.29 bits per heavy atom. The number of hydrogen-bond donors (Lipinski definition) is 1. The van der Waals surface area contributed by atoms with Gasteiger partial charge in [0.25, 0.3) is 5.91 Å². The molecule has 3 nitrogen and oxygen atoms in total. The van der Waals surface area contributed by atoms with E-state index in [0.717, 1.165) is 12.8 Å². The van der Waals surface area contributed by atoms with E-state index in [-0.39, 0.29) is 17.0 Å². The highest BCUT2D eigenvalue weighted by Gasteiger charge is 2.17. The van der Waals surface area contributed by atoms with Gasteiger partial charge in [-0.1, -0.05) is 26.7 Å². The molecule has 1 amide bonds. The Hall–Kier alpha value is -1.36. The van der Waals surface area contributed by atoms with Crippen LogP contribution in [0.4, 0.5) is 8.78 Å². The standard InChI is InChI=1S/C15H20ClF2NO2/c1-3-10(4-2)13(16)9-19-14(20)11-5-7-12(8-6-11)21-15(17)18/h5-8,10,13,15H,3-4,9H2,1-2H3,(H,19,20). The molecule has 0 spiro atoms. The van der Waals surface area contributed by atoms with Gasteiger partial charge in [0.1, 0.15) is 5.75 Å². The average Bonchev–Trinajstić information content (AvgIpc) is 2.46. The van der Waals surface area contributed by atoms with Crippen LogP contribution in [-0.4, -0.2) is 24.4 Å². The number of rotatable bonds is 8. The summed E-state index contributed by atoms with van der Waals surface area (Å²) < 4.78 is 28.3. The van der Waals surface area contributed by atoms with E-state index in [1.807, 2.05) is 0 Å². The van der Waals surface area contributed by atoms with E-state index < -0.39 is 6.61 Å². The molecule has 1 N–H and O–H groups in total. The minimum absolute atomic E-state index is 0.0220. The monoisotopic (exact) mass is 319 g/mol. The van der Waals surface area contributed by atoms with Crippen LogP contribution in [0.5, 0.6) is 5.75 Å². The van der Waals surface area contributed by atoms with Crippen molar-refractivity contribution < 1.29 is 18.3 Å². The number of ether oxygens (including phenoxy) is 1. The predicted molar refractivity (Wildman–Crippen MR) is 79.1 cm³/mol. The topological polar surface area (TPSA) is 38.3 Å². The van der Waals surface area contributed by atoms with Gasteiger partial charge in [-0.2, -0.15) is 8.78 Å². The first-order valence-corrected chi connectivity index (χ1v) is 7.38. The van der Waals surface area contributed by atoms with Crippen LogP contribution >= 0.6 is 11.6 Å². The first-order chi connectivity index (χ1) is 9.97. The summed E-state index contributed by atoms with van der Waals surface area (Å²) in [5, 5.41) is 2.63. The molecule has 0 aliphatic carbocycles. The number of amides is 1. The fraction of sp³-hybridized carbons (Fsp3) is 0.533. The molecule has 0 aliphatic rings. The largest absolute Gasteiger partial charge is 0.435 e. The van der Waals surface area contributed by atoms with E-state index >= 15 is 0 Å². The van der Waals surface area contributed by atoms with Crippen molar-refractivity contribution in [2.45, 2.75) is 38.7 Å². The molecule has 21 heavy (non-hydrogen) atoms. The lowest BCUT2D eigenvalue weighted by molar-refractivity contribution is -0.0498. The van der Waals surface area contributed by atoms with Crippen LogP contribution in [0, 0.1) is 5.92 Å². The Labute approximate surface area is 128 Å². The van der Waals surface area contributed by atoms with Gasteiger partial charge < -0.3 is 10.1 Å². The first kappa shape index (κ1) is 17.7. The molecular formula is C15H20ClF2NO2. The smallest absolute Gasteiger partial charge is 0.387 e. The van der Waals surface area contributed by atoms with Crippen molar-refractivity contribution in [2.24, 2.45) is 5.92 Å². The predicted octanol–water partition coefficient (Wildman–Crippen LogP) is 4.06. The summed E-state index contributed by atoms with van der Waals surface area (Å²) in [5.74, 6) is 0.0952. The third-order valence-corrected chi connectivity index (χ3v) is 3.87. The van der Waals surface area contributed by atoms with Crippen LogP contribution in [-0.2, 0) is 0 Å². The number of alkyl halides is 3. The Balaban J connectivity index is 2.52. The van der Waals surface area contributed by atoms with Gasteiger partial charge in [-0.3, -0.25) is 4.79 Å². The molecule has 1 atom stereocenters. The van der Waals surface area contributed by atoms with Crippen LogP contribution < -0.4 is 10.1 Å². The van der Waals surface area contributed by atoms with Crippen molar-refractivity contribution in [3.63, 3.8) is 0 Å². The van der Waals surface area contributed by atoms with Crippen LogP contribution in [0.15, 0.2) is 24.3 Å². The molecule has 0 heterocycles. The molecule has 0 saturated carbocycles. The number of carbonyl (C=O) groups excluding carboxylic acids is 1. The van der Waals surface area contributed by atoms with Gasteiger partial charge in [-0.15, -0.1) is 11.6 Å². The minimum Gasteiger partial charge on any atom is -0.435 e. The lowest BCUT2D eigenvalue weighted by atomic mass is 9.99. The third kappa shape index (κ3) is 5.87. The Morgan fingerprint density at radius 1 is 1.24 bits per heavy atom. The maximum absolute atomic E-state index is 12.0. The highest BCUT2D eigenvalue weighted by molar-refractivity contribution is 6.21. The van der Waals surface area contributed by atoms with Crippen molar-refractivity contribution in [1.82, 2.24) is 5.32 Å². The minimum atomic E-state index is -2.87. The maximum Gasteiger partial charge on any atom is 0.387 e. The summed E-state index contributed by atoms with van der Waals surface area (Å²) in [6.45, 7) is 1.63. The van der Waals surface area contributed by atoms with E-state index in [1.54, 1.807) is 0 Å². The third-order valence-electron chi connectivity index (χ3n) is 3.36. The Kier molecular flexibility index (Phi) is 7.43. The fourth-order valence-corrected chi connectivity index (χ4v) is 2.48. The van der Waals surface area contributed by atoms with Gasteiger partial charge in [0.2, 0.25) is 0 Å². The van der Waals surface area contributed by atoms with E-state index in [4.69, 9.17) is 11.6 Å². The molecular weight excluding hydrogens is 300 g/mol. The van der Waals surface area contributed by atoms with Crippen molar-refractivity contribution >= 4 is 17.5 Å². The summed E-state index contributed by atoms with van der Waals surface area (Å²) in [5.41, 5.74) is 0.380. The molecule has 0 fully saturated rings. The van der Waals surface area contributed by atoms with Gasteiger partial charge in [-0.25, -0.2) is 0 Å². The van der Waals surface area contributed by atoms with Gasteiger partial charge in [0.05, 0.1) is 5.38 Å². The normalized spacial score (nSPS) is 12.5. The fourth-order valence-electron chi connectivity index (χ4n) is 2.05. The summed E-state index contributed by atoms with van der Waals surface area (Å²) in [4.78, 5) is 11.9. The SMILES string of the molecule is CCC(CC)C(Cl)CNC(=O)c1ccc(OC(F)F)cc1. The van der Waals surface area contributed by atoms with Gasteiger partial charge >= 0.3 is 6.61 Å². The highest BCUT2D eigenvalue weighted by atomic mass is 35.5. The zero-order chi connectivity index (χ0) is 15.8. The second-order valence-corrected chi connectivity index (χ2v) is 5.27. The second kappa shape index (κ2) is 8.82. The summed E-state index contributed by atoms with van der Waals surface area (Å²) in [7, 11) is 0. The van der Waals surface area contributed by atoms with Crippen molar-refractivity contribution in [2.75, 3.05) is 6.54 Å². The van der Waals surface area contributed by atoms with E-state index in [2.05, 4.69) is 23.9 Å². The van der Waals surface area contributed by atoms with Crippen LogP contribution in [0.3, 0.4) is 0 Å². The summed E-state index contributed by atoms with van der Waals surface area (Å²) >= 11 is 6.24. The van der Waals surface area contributed by atoms with E-state index in [0.29, 0.717) is 18.0 Å². The number of carbonyl (C=O) groups is 1. The van der Waals surface area contributed by atoms with Crippen LogP contribution in [0.1, 0.15) is 37.0 Å². The molecule has 0 aromatic heterocycles. The van der Waals surface area contributed by atoms with E-state index in [1.165, 1.54) is 24.3 Å². The molecule has 1 rings (SSSR count). The molecule has 1 unspecified atom stereocenters. The molecule has 0 saturated heterocycles. The average molecular weight is 320 g/mol. The maximum atomic E-state index is 12.0. The lowest BCUT2D eigenvalue weighted by Crippen LogP contribution is -2.33. The summed E-state index contributed by atoms with van der Waals surface area (Å²) in [6, 6.07) is 5.54. The van der Waals surface area contributed by atoms with Crippen molar-refractivity contribution in [3.05, 3.63) is 29.8 Å². The van der Waals surface area contributed by atoms with Crippen molar-refractivity contribution in [3.8, 4) is 5.75 Å². The molecule has 0 radical (unpaired) electrons. The molecule has 0 aliphatic heterocycles.